The van der Waals surface area contributed by atoms with Crippen LogP contribution in [-0.4, -0.2) is 11.9 Å². The summed E-state index contributed by atoms with van der Waals surface area (Å²) in [6, 6.07) is 10.4. The number of benzene rings is 1. The van der Waals surface area contributed by atoms with Gasteiger partial charge in [0.2, 0.25) is 0 Å². The topological polar surface area (TPSA) is 9.23 Å². The maximum absolute atomic E-state index is 5.98. The van der Waals surface area contributed by atoms with Crippen LogP contribution in [0.25, 0.3) is 0 Å². The fourth-order valence-electron chi connectivity index (χ4n) is 1.61. The zero-order valence-electron chi connectivity index (χ0n) is 11.2. The average Bonchev–Trinajstić information content (AvgIpc) is 2.29. The Balaban J connectivity index is 2.50. The van der Waals surface area contributed by atoms with Crippen molar-refractivity contribution < 1.29 is 4.74 Å². The van der Waals surface area contributed by atoms with Gasteiger partial charge in [-0.25, -0.2) is 0 Å². The average molecular weight is 299 g/mol. The lowest BCUT2D eigenvalue weighted by Gasteiger charge is -2.30. The fraction of sp³-hybridized carbons (Fsp3) is 0.600. The van der Waals surface area contributed by atoms with E-state index in [1.54, 1.807) is 0 Å². The number of ether oxygens (including phenoxy) is 1. The van der Waals surface area contributed by atoms with Gasteiger partial charge in [-0.2, -0.15) is 0 Å². The summed E-state index contributed by atoms with van der Waals surface area (Å²) in [5, 5.41) is 0.984. The van der Waals surface area contributed by atoms with Crippen LogP contribution in [0.5, 0.6) is 0 Å². The highest BCUT2D eigenvalue weighted by Gasteiger charge is 2.24. The van der Waals surface area contributed by atoms with E-state index in [1.807, 2.05) is 6.07 Å². The van der Waals surface area contributed by atoms with Gasteiger partial charge in [0.15, 0.2) is 0 Å². The van der Waals surface area contributed by atoms with E-state index in [4.69, 9.17) is 4.74 Å². The maximum atomic E-state index is 5.98. The molecule has 0 aliphatic rings. The van der Waals surface area contributed by atoms with Crippen LogP contribution in [0.2, 0.25) is 0 Å². The number of rotatable bonds is 5. The molecule has 1 aromatic carbocycles. The molecule has 0 aromatic heterocycles. The highest BCUT2D eigenvalue weighted by atomic mass is 79.9. The Labute approximate surface area is 114 Å². The standard InChI is InChI=1S/C15H23BrO/c1-12(13-8-6-5-7-9-13)17-11-14(10-16)15(2,3)4/h5-9,12,14H,10-11H2,1-4H3. The van der Waals surface area contributed by atoms with Gasteiger partial charge in [-0.15, -0.1) is 0 Å². The molecule has 0 spiro atoms. The molecule has 0 amide bonds. The second-order valence-corrected chi connectivity index (χ2v) is 6.25. The highest BCUT2D eigenvalue weighted by Crippen LogP contribution is 2.29. The maximum Gasteiger partial charge on any atom is 0.0796 e. The lowest BCUT2D eigenvalue weighted by Crippen LogP contribution is -2.27. The van der Waals surface area contributed by atoms with Gasteiger partial charge < -0.3 is 4.74 Å². The highest BCUT2D eigenvalue weighted by molar-refractivity contribution is 9.09. The Kier molecular flexibility index (Phi) is 5.68. The number of alkyl halides is 1. The van der Waals surface area contributed by atoms with Crippen LogP contribution < -0.4 is 0 Å². The third-order valence-corrected chi connectivity index (χ3v) is 4.01. The first kappa shape index (κ1) is 14.7. The molecule has 0 aliphatic carbocycles. The van der Waals surface area contributed by atoms with Crippen molar-refractivity contribution >= 4 is 15.9 Å². The first-order valence-corrected chi connectivity index (χ1v) is 7.29. The predicted molar refractivity (Wildman–Crippen MR) is 77.5 cm³/mol. The fourth-order valence-corrected chi connectivity index (χ4v) is 2.76. The van der Waals surface area contributed by atoms with Crippen molar-refractivity contribution in [3.8, 4) is 0 Å². The van der Waals surface area contributed by atoms with Crippen LogP contribution in [0.1, 0.15) is 39.4 Å². The third-order valence-electron chi connectivity index (χ3n) is 3.23. The molecule has 0 radical (unpaired) electrons. The molecule has 96 valence electrons. The van der Waals surface area contributed by atoms with Crippen molar-refractivity contribution in [1.29, 1.82) is 0 Å². The summed E-state index contributed by atoms with van der Waals surface area (Å²) < 4.78 is 5.98. The Morgan fingerprint density at radius 3 is 2.24 bits per heavy atom. The van der Waals surface area contributed by atoms with Crippen molar-refractivity contribution in [3.63, 3.8) is 0 Å². The van der Waals surface area contributed by atoms with E-state index >= 15 is 0 Å². The zero-order chi connectivity index (χ0) is 12.9. The van der Waals surface area contributed by atoms with E-state index in [9.17, 15) is 0 Å². The molecule has 1 nitrogen and oxygen atoms in total. The van der Waals surface area contributed by atoms with Crippen molar-refractivity contribution in [1.82, 2.24) is 0 Å². The van der Waals surface area contributed by atoms with Gasteiger partial charge in [-0.05, 0) is 23.8 Å². The molecule has 17 heavy (non-hydrogen) atoms. The van der Waals surface area contributed by atoms with Crippen molar-refractivity contribution in [2.45, 2.75) is 33.8 Å². The van der Waals surface area contributed by atoms with Crippen molar-refractivity contribution in [3.05, 3.63) is 35.9 Å². The first-order valence-electron chi connectivity index (χ1n) is 6.17. The normalized spacial score (nSPS) is 15.6. The summed E-state index contributed by atoms with van der Waals surface area (Å²) in [6.45, 7) is 9.69. The lowest BCUT2D eigenvalue weighted by molar-refractivity contribution is 0.0177. The van der Waals surface area contributed by atoms with E-state index in [1.165, 1.54) is 5.56 Å². The molecular formula is C15H23BrO. The Hall–Kier alpha value is -0.340. The van der Waals surface area contributed by atoms with Crippen LogP contribution in [0, 0.1) is 11.3 Å². The third kappa shape index (κ3) is 4.81. The van der Waals surface area contributed by atoms with E-state index in [-0.39, 0.29) is 11.5 Å². The van der Waals surface area contributed by atoms with Crippen molar-refractivity contribution in [2.24, 2.45) is 11.3 Å². The quantitative estimate of drug-likeness (QED) is 0.708. The zero-order valence-corrected chi connectivity index (χ0v) is 12.8. The molecular weight excluding hydrogens is 276 g/mol. The van der Waals surface area contributed by atoms with E-state index in [0.717, 1.165) is 11.9 Å². The second-order valence-electron chi connectivity index (χ2n) is 5.60. The molecule has 2 heteroatoms. The molecule has 0 bridgehead atoms. The SMILES string of the molecule is CC(OCC(CBr)C(C)(C)C)c1ccccc1. The summed E-state index contributed by atoms with van der Waals surface area (Å²) >= 11 is 3.58. The van der Waals surface area contributed by atoms with Gasteiger partial charge in [0, 0.05) is 5.33 Å². The summed E-state index contributed by atoms with van der Waals surface area (Å²) in [7, 11) is 0. The smallest absolute Gasteiger partial charge is 0.0796 e. The Morgan fingerprint density at radius 2 is 1.76 bits per heavy atom. The Morgan fingerprint density at radius 1 is 1.18 bits per heavy atom. The van der Waals surface area contributed by atoms with Crippen molar-refractivity contribution in [2.75, 3.05) is 11.9 Å². The summed E-state index contributed by atoms with van der Waals surface area (Å²) in [5.74, 6) is 0.536. The van der Waals surface area contributed by atoms with Crippen LogP contribution in [0.3, 0.4) is 0 Å². The minimum atomic E-state index is 0.167. The van der Waals surface area contributed by atoms with Gasteiger partial charge >= 0.3 is 0 Å². The van der Waals surface area contributed by atoms with Crippen LogP contribution in [0.15, 0.2) is 30.3 Å². The molecule has 0 N–H and O–H groups in total. The minimum absolute atomic E-state index is 0.167. The minimum Gasteiger partial charge on any atom is -0.373 e. The van der Waals surface area contributed by atoms with E-state index in [2.05, 4.69) is 67.9 Å². The van der Waals surface area contributed by atoms with E-state index in [0.29, 0.717) is 5.92 Å². The summed E-state index contributed by atoms with van der Waals surface area (Å²) in [4.78, 5) is 0. The Bertz CT molecular complexity index is 315. The summed E-state index contributed by atoms with van der Waals surface area (Å²) in [5.41, 5.74) is 1.52. The lowest BCUT2D eigenvalue weighted by atomic mass is 9.82. The number of hydrogen-bond acceptors (Lipinski definition) is 1. The molecule has 0 saturated heterocycles. The van der Waals surface area contributed by atoms with Gasteiger partial charge in [-0.1, -0.05) is 67.0 Å². The number of hydrogen-bond donors (Lipinski definition) is 0. The molecule has 0 heterocycles. The van der Waals surface area contributed by atoms with E-state index < -0.39 is 0 Å². The monoisotopic (exact) mass is 298 g/mol. The molecule has 0 saturated carbocycles. The molecule has 1 rings (SSSR count). The molecule has 1 aromatic rings. The molecule has 0 aliphatic heterocycles. The van der Waals surface area contributed by atoms with Crippen LogP contribution in [0.4, 0.5) is 0 Å². The van der Waals surface area contributed by atoms with Gasteiger partial charge in [0.05, 0.1) is 12.7 Å². The van der Waals surface area contributed by atoms with Gasteiger partial charge in [0.1, 0.15) is 0 Å². The van der Waals surface area contributed by atoms with Crippen LogP contribution in [-0.2, 0) is 4.74 Å². The number of halogens is 1. The molecule has 2 atom stereocenters. The largest absolute Gasteiger partial charge is 0.373 e. The first-order chi connectivity index (χ1) is 7.95. The molecule has 2 unspecified atom stereocenters. The van der Waals surface area contributed by atoms with Crippen LogP contribution >= 0.6 is 15.9 Å². The summed E-state index contributed by atoms with van der Waals surface area (Å²) in [6.07, 6.45) is 0.167. The van der Waals surface area contributed by atoms with Gasteiger partial charge in [-0.3, -0.25) is 0 Å². The second kappa shape index (κ2) is 6.55. The molecule has 0 fully saturated rings. The predicted octanol–water partition coefficient (Wildman–Crippen LogP) is 4.82. The van der Waals surface area contributed by atoms with Gasteiger partial charge in [0.25, 0.3) is 0 Å².